The van der Waals surface area contributed by atoms with E-state index < -0.39 is 0 Å². The normalized spacial score (nSPS) is 22.9. The van der Waals surface area contributed by atoms with Crippen LogP contribution in [0.2, 0.25) is 0 Å². The summed E-state index contributed by atoms with van der Waals surface area (Å²) >= 11 is 0. The fraction of sp³-hybridized carbons (Fsp3) is 0.650. The number of ether oxygens (including phenoxy) is 2. The van der Waals surface area contributed by atoms with Crippen LogP contribution in [0, 0.1) is 5.41 Å². The van der Waals surface area contributed by atoms with Gasteiger partial charge in [-0.2, -0.15) is 0 Å². The van der Waals surface area contributed by atoms with Gasteiger partial charge < -0.3 is 19.7 Å². The number of halogens is 1. The van der Waals surface area contributed by atoms with Crippen LogP contribution in [0.4, 0.5) is 0 Å². The van der Waals surface area contributed by atoms with Crippen LogP contribution in [0.5, 0.6) is 0 Å². The molecule has 2 fully saturated rings. The number of likely N-dealkylation sites (tertiary alicyclic amines) is 1. The number of nitrogens with one attached hydrogen (secondary N) is 1. The van der Waals surface area contributed by atoms with Gasteiger partial charge in [0.25, 0.3) is 0 Å². The highest BCUT2D eigenvalue weighted by atomic mass is 127. The zero-order chi connectivity index (χ0) is 17.7. The summed E-state index contributed by atoms with van der Waals surface area (Å²) in [4.78, 5) is 6.86. The highest BCUT2D eigenvalue weighted by Gasteiger charge is 2.42. The van der Waals surface area contributed by atoms with Gasteiger partial charge in [0.2, 0.25) is 0 Å². The molecule has 2 saturated heterocycles. The second-order valence-corrected chi connectivity index (χ2v) is 7.55. The van der Waals surface area contributed by atoms with E-state index in [2.05, 4.69) is 53.3 Å². The lowest BCUT2D eigenvalue weighted by molar-refractivity contribution is 0.0657. The second kappa shape index (κ2) is 9.90. The molecule has 0 aliphatic carbocycles. The van der Waals surface area contributed by atoms with Crippen LogP contribution in [-0.4, -0.2) is 50.3 Å². The summed E-state index contributed by atoms with van der Waals surface area (Å²) in [5.74, 6) is 0.993. The van der Waals surface area contributed by atoms with E-state index in [9.17, 15) is 0 Å². The van der Waals surface area contributed by atoms with Crippen molar-refractivity contribution < 1.29 is 9.47 Å². The molecular weight excluding hydrogens is 441 g/mol. The van der Waals surface area contributed by atoms with Crippen LogP contribution in [0.1, 0.15) is 37.8 Å². The van der Waals surface area contributed by atoms with E-state index in [4.69, 9.17) is 9.47 Å². The van der Waals surface area contributed by atoms with Gasteiger partial charge in [-0.25, -0.2) is 0 Å². The quantitative estimate of drug-likeness (QED) is 0.405. The highest BCUT2D eigenvalue weighted by molar-refractivity contribution is 14.0. The summed E-state index contributed by atoms with van der Waals surface area (Å²) < 4.78 is 11.3. The van der Waals surface area contributed by atoms with Crippen LogP contribution in [0.3, 0.4) is 0 Å². The maximum atomic E-state index is 5.70. The van der Waals surface area contributed by atoms with Crippen molar-refractivity contribution in [2.75, 3.05) is 33.4 Å². The highest BCUT2D eigenvalue weighted by Crippen LogP contribution is 2.38. The fourth-order valence-corrected chi connectivity index (χ4v) is 3.69. The molecule has 1 aromatic rings. The van der Waals surface area contributed by atoms with E-state index in [0.717, 1.165) is 38.8 Å². The van der Waals surface area contributed by atoms with Crippen LogP contribution >= 0.6 is 24.0 Å². The molecule has 26 heavy (non-hydrogen) atoms. The Labute approximate surface area is 174 Å². The average molecular weight is 473 g/mol. The Morgan fingerprint density at radius 3 is 2.85 bits per heavy atom. The van der Waals surface area contributed by atoms with Crippen molar-refractivity contribution in [3.63, 3.8) is 0 Å². The van der Waals surface area contributed by atoms with Gasteiger partial charge in [-0.1, -0.05) is 24.3 Å². The molecule has 0 amide bonds. The van der Waals surface area contributed by atoms with E-state index in [1.54, 1.807) is 0 Å². The zero-order valence-corrected chi connectivity index (χ0v) is 18.5. The summed E-state index contributed by atoms with van der Waals surface area (Å²) in [6.07, 6.45) is 2.64. The van der Waals surface area contributed by atoms with Gasteiger partial charge in [0.1, 0.15) is 0 Å². The summed E-state index contributed by atoms with van der Waals surface area (Å²) in [6.45, 7) is 9.49. The minimum atomic E-state index is 0. The van der Waals surface area contributed by atoms with Gasteiger partial charge in [-0.05, 0) is 37.8 Å². The molecule has 146 valence electrons. The predicted octanol–water partition coefficient (Wildman–Crippen LogP) is 3.42. The van der Waals surface area contributed by atoms with Crippen LogP contribution in [0.15, 0.2) is 29.3 Å². The molecule has 5 nitrogen and oxygen atoms in total. The van der Waals surface area contributed by atoms with Crippen molar-refractivity contribution in [1.82, 2.24) is 10.2 Å². The van der Waals surface area contributed by atoms with Crippen molar-refractivity contribution in [2.45, 2.75) is 45.9 Å². The van der Waals surface area contributed by atoms with E-state index in [0.29, 0.717) is 12.0 Å². The number of aliphatic imine (C=N–C) groups is 1. The summed E-state index contributed by atoms with van der Waals surface area (Å²) in [5.41, 5.74) is 2.82. The Morgan fingerprint density at radius 2 is 2.15 bits per heavy atom. The largest absolute Gasteiger partial charge is 0.381 e. The van der Waals surface area contributed by atoms with Crippen molar-refractivity contribution >= 4 is 29.9 Å². The first kappa shape index (κ1) is 21.4. The Balaban J connectivity index is 0.00000243. The van der Waals surface area contributed by atoms with Crippen LogP contribution in [-0.2, 0) is 22.6 Å². The smallest absolute Gasteiger partial charge is 0.193 e. The predicted molar refractivity (Wildman–Crippen MR) is 116 cm³/mol. The molecule has 2 aliphatic heterocycles. The van der Waals surface area contributed by atoms with E-state index in [-0.39, 0.29) is 30.1 Å². The minimum Gasteiger partial charge on any atom is -0.381 e. The van der Waals surface area contributed by atoms with Gasteiger partial charge in [0.15, 0.2) is 5.96 Å². The zero-order valence-electron chi connectivity index (χ0n) is 16.2. The lowest BCUT2D eigenvalue weighted by Gasteiger charge is -2.25. The molecule has 6 heteroatoms. The molecule has 0 saturated carbocycles. The topological polar surface area (TPSA) is 46.1 Å². The first-order valence-electron chi connectivity index (χ1n) is 9.33. The van der Waals surface area contributed by atoms with E-state index in [1.807, 2.05) is 7.05 Å². The number of rotatable bonds is 5. The standard InChI is InChI=1S/C20H31N3O2.HI/c1-16(2)25-13-18-6-4-5-17(11-18)12-22-19(21-3)23-9-7-20(14-23)8-10-24-15-20;/h4-6,11,16H,7-10,12-15H2,1-3H3,(H,21,22);1H. The summed E-state index contributed by atoms with van der Waals surface area (Å²) in [7, 11) is 1.87. The van der Waals surface area contributed by atoms with Gasteiger partial charge in [0, 0.05) is 38.7 Å². The Hall–Kier alpha value is -0.860. The number of hydrogen-bond acceptors (Lipinski definition) is 3. The number of benzene rings is 1. The molecule has 1 N–H and O–H groups in total. The van der Waals surface area contributed by atoms with Crippen LogP contribution < -0.4 is 5.32 Å². The van der Waals surface area contributed by atoms with Crippen molar-refractivity contribution in [2.24, 2.45) is 10.4 Å². The van der Waals surface area contributed by atoms with Gasteiger partial charge in [-0.3, -0.25) is 4.99 Å². The van der Waals surface area contributed by atoms with Crippen molar-refractivity contribution in [3.8, 4) is 0 Å². The molecule has 0 radical (unpaired) electrons. The molecular formula is C20H32IN3O2. The summed E-state index contributed by atoms with van der Waals surface area (Å²) in [6, 6.07) is 8.57. The third kappa shape index (κ3) is 5.57. The molecule has 3 rings (SSSR count). The molecule has 2 aliphatic rings. The van der Waals surface area contributed by atoms with E-state index >= 15 is 0 Å². The molecule has 0 bridgehead atoms. The molecule has 1 atom stereocenters. The van der Waals surface area contributed by atoms with Crippen LogP contribution in [0.25, 0.3) is 0 Å². The van der Waals surface area contributed by atoms with E-state index in [1.165, 1.54) is 24.0 Å². The molecule has 1 spiro atoms. The lowest BCUT2D eigenvalue weighted by atomic mass is 9.87. The molecule has 0 aromatic heterocycles. The maximum Gasteiger partial charge on any atom is 0.193 e. The SMILES string of the molecule is CN=C(NCc1cccc(COC(C)C)c1)N1CCC2(CCOC2)C1.I. The second-order valence-electron chi connectivity index (χ2n) is 7.55. The van der Waals surface area contributed by atoms with Gasteiger partial charge in [-0.15, -0.1) is 24.0 Å². The molecule has 2 heterocycles. The van der Waals surface area contributed by atoms with Gasteiger partial charge >= 0.3 is 0 Å². The average Bonchev–Trinajstić information content (AvgIpc) is 3.24. The number of guanidine groups is 1. The van der Waals surface area contributed by atoms with Crippen molar-refractivity contribution in [1.29, 1.82) is 0 Å². The van der Waals surface area contributed by atoms with Crippen molar-refractivity contribution in [3.05, 3.63) is 35.4 Å². The van der Waals surface area contributed by atoms with Gasteiger partial charge in [0.05, 0.1) is 19.3 Å². The maximum absolute atomic E-state index is 5.70. The Bertz CT molecular complexity index is 600. The molecule has 1 unspecified atom stereocenters. The molecule has 1 aromatic carbocycles. The number of hydrogen-bond donors (Lipinski definition) is 1. The fourth-order valence-electron chi connectivity index (χ4n) is 3.69. The third-order valence-electron chi connectivity index (χ3n) is 5.16. The minimum absolute atomic E-state index is 0. The number of nitrogens with zero attached hydrogens (tertiary/aromatic N) is 2. The monoisotopic (exact) mass is 473 g/mol. The Kier molecular flexibility index (Phi) is 8.16. The summed E-state index contributed by atoms with van der Waals surface area (Å²) in [5, 5.41) is 3.52. The third-order valence-corrected chi connectivity index (χ3v) is 5.16. The first-order valence-corrected chi connectivity index (χ1v) is 9.33. The Morgan fingerprint density at radius 1 is 1.35 bits per heavy atom. The first-order chi connectivity index (χ1) is 12.1. The lowest BCUT2D eigenvalue weighted by Crippen LogP contribution is -2.41.